The molecule has 0 saturated heterocycles. The molecular formula is C22H23N3O2. The lowest BCUT2D eigenvalue weighted by Gasteiger charge is -2.15. The summed E-state index contributed by atoms with van der Waals surface area (Å²) in [6.45, 7) is 0.757. The first-order valence-electron chi connectivity index (χ1n) is 8.86. The first kappa shape index (κ1) is 18.5. The van der Waals surface area contributed by atoms with Crippen molar-refractivity contribution in [3.05, 3.63) is 90.4 Å². The van der Waals surface area contributed by atoms with Crippen LogP contribution in [0.15, 0.2) is 79.3 Å². The highest BCUT2D eigenvalue weighted by atomic mass is 16.4. The number of rotatable bonds is 8. The molecule has 5 heteroatoms. The van der Waals surface area contributed by atoms with Gasteiger partial charge in [-0.15, -0.1) is 0 Å². The van der Waals surface area contributed by atoms with Crippen LogP contribution < -0.4 is 4.90 Å². The van der Waals surface area contributed by atoms with Crippen LogP contribution in [0.4, 0.5) is 5.82 Å². The lowest BCUT2D eigenvalue weighted by molar-refractivity contribution is -0.140. The molecule has 0 amide bonds. The SMILES string of the molecule is CN(C/C=C/c1ccc(C[C@@H](C(=O)O)n2cccc2)cc1)c1ccccn1. The summed E-state index contributed by atoms with van der Waals surface area (Å²) in [6, 6.07) is 16.9. The topological polar surface area (TPSA) is 58.4 Å². The van der Waals surface area contributed by atoms with Gasteiger partial charge >= 0.3 is 5.97 Å². The number of anilines is 1. The number of carbonyl (C=O) groups is 1. The van der Waals surface area contributed by atoms with Gasteiger partial charge in [-0.2, -0.15) is 0 Å². The van der Waals surface area contributed by atoms with E-state index in [2.05, 4.69) is 22.0 Å². The zero-order valence-electron chi connectivity index (χ0n) is 15.3. The van der Waals surface area contributed by atoms with E-state index in [1.165, 1.54) is 0 Å². The van der Waals surface area contributed by atoms with Gasteiger partial charge in [0.1, 0.15) is 11.9 Å². The van der Waals surface area contributed by atoms with E-state index in [1.54, 1.807) is 23.2 Å². The molecule has 1 atom stereocenters. The molecule has 2 aromatic heterocycles. The monoisotopic (exact) mass is 361 g/mol. The molecule has 2 heterocycles. The second kappa shape index (κ2) is 8.85. The van der Waals surface area contributed by atoms with Crippen LogP contribution in [-0.2, 0) is 11.2 Å². The van der Waals surface area contributed by atoms with Crippen LogP contribution in [0.2, 0.25) is 0 Å². The molecular weight excluding hydrogens is 338 g/mol. The third-order valence-electron chi connectivity index (χ3n) is 4.41. The third kappa shape index (κ3) is 5.07. The van der Waals surface area contributed by atoms with Crippen LogP contribution in [0.1, 0.15) is 17.2 Å². The Hall–Kier alpha value is -3.34. The summed E-state index contributed by atoms with van der Waals surface area (Å²) in [4.78, 5) is 17.9. The predicted octanol–water partition coefficient (Wildman–Crippen LogP) is 3.90. The Labute approximate surface area is 159 Å². The molecule has 0 spiro atoms. The van der Waals surface area contributed by atoms with Crippen LogP contribution in [0.5, 0.6) is 0 Å². The fourth-order valence-corrected chi connectivity index (χ4v) is 2.88. The van der Waals surface area contributed by atoms with Crippen LogP contribution >= 0.6 is 0 Å². The van der Waals surface area contributed by atoms with Gasteiger partial charge in [0.15, 0.2) is 0 Å². The number of hydrogen-bond donors (Lipinski definition) is 1. The molecule has 3 aromatic rings. The maximum absolute atomic E-state index is 11.5. The number of carboxylic acids is 1. The van der Waals surface area contributed by atoms with E-state index in [1.807, 2.05) is 61.6 Å². The van der Waals surface area contributed by atoms with Crippen molar-refractivity contribution in [1.29, 1.82) is 0 Å². The zero-order valence-corrected chi connectivity index (χ0v) is 15.3. The quantitative estimate of drug-likeness (QED) is 0.661. The first-order valence-corrected chi connectivity index (χ1v) is 8.86. The second-order valence-electron chi connectivity index (χ2n) is 6.40. The highest BCUT2D eigenvalue weighted by Crippen LogP contribution is 2.16. The Bertz CT molecular complexity index is 872. The van der Waals surface area contributed by atoms with Gasteiger partial charge in [-0.25, -0.2) is 9.78 Å². The lowest BCUT2D eigenvalue weighted by atomic mass is 10.0. The normalized spacial score (nSPS) is 12.2. The van der Waals surface area contributed by atoms with Gasteiger partial charge in [0.2, 0.25) is 0 Å². The average molecular weight is 361 g/mol. The van der Waals surface area contributed by atoms with E-state index in [9.17, 15) is 9.90 Å². The molecule has 0 radical (unpaired) electrons. The summed E-state index contributed by atoms with van der Waals surface area (Å²) >= 11 is 0. The Balaban J connectivity index is 1.59. The first-order chi connectivity index (χ1) is 13.1. The minimum absolute atomic E-state index is 0.455. The van der Waals surface area contributed by atoms with Crippen molar-refractivity contribution in [3.8, 4) is 0 Å². The van der Waals surface area contributed by atoms with E-state index in [-0.39, 0.29) is 0 Å². The second-order valence-corrected chi connectivity index (χ2v) is 6.40. The molecule has 0 aliphatic rings. The van der Waals surface area contributed by atoms with Gasteiger partial charge in [0, 0.05) is 38.6 Å². The molecule has 0 aliphatic heterocycles. The molecule has 0 bridgehead atoms. The van der Waals surface area contributed by atoms with Crippen LogP contribution in [0, 0.1) is 0 Å². The van der Waals surface area contributed by atoms with Crippen molar-refractivity contribution in [2.24, 2.45) is 0 Å². The minimum Gasteiger partial charge on any atom is -0.480 e. The predicted molar refractivity (Wildman–Crippen MR) is 108 cm³/mol. The fraction of sp³-hybridized carbons (Fsp3) is 0.182. The average Bonchev–Trinajstić information content (AvgIpc) is 3.22. The standard InChI is InChI=1S/C22H23N3O2/c1-24(21-8-2-3-13-23-21)14-6-7-18-9-11-19(12-10-18)17-20(22(26)27)25-15-4-5-16-25/h2-13,15-16,20H,14,17H2,1H3,(H,26,27)/b7-6+/t20-/m0/s1. The highest BCUT2D eigenvalue weighted by Gasteiger charge is 2.18. The fourth-order valence-electron chi connectivity index (χ4n) is 2.88. The van der Waals surface area contributed by atoms with Crippen molar-refractivity contribution in [3.63, 3.8) is 0 Å². The Kier molecular flexibility index (Phi) is 6.05. The molecule has 0 saturated carbocycles. The number of benzene rings is 1. The molecule has 138 valence electrons. The molecule has 3 rings (SSSR count). The minimum atomic E-state index is -0.826. The van der Waals surface area contributed by atoms with Gasteiger partial charge in [0.25, 0.3) is 0 Å². The zero-order chi connectivity index (χ0) is 19.1. The molecule has 1 N–H and O–H groups in total. The van der Waals surface area contributed by atoms with Crippen molar-refractivity contribution in [2.45, 2.75) is 12.5 Å². The molecule has 1 aromatic carbocycles. The van der Waals surface area contributed by atoms with Crippen LogP contribution in [-0.4, -0.2) is 34.2 Å². The highest BCUT2D eigenvalue weighted by molar-refractivity contribution is 5.72. The van der Waals surface area contributed by atoms with E-state index in [0.29, 0.717) is 6.42 Å². The van der Waals surface area contributed by atoms with Gasteiger partial charge in [0.05, 0.1) is 0 Å². The number of hydrogen-bond acceptors (Lipinski definition) is 3. The number of carboxylic acid groups (broad SMARTS) is 1. The summed E-state index contributed by atoms with van der Waals surface area (Å²) < 4.78 is 1.73. The van der Waals surface area contributed by atoms with E-state index in [4.69, 9.17) is 0 Å². The van der Waals surface area contributed by atoms with Gasteiger partial charge < -0.3 is 14.6 Å². The third-order valence-corrected chi connectivity index (χ3v) is 4.41. The molecule has 27 heavy (non-hydrogen) atoms. The molecule has 5 nitrogen and oxygen atoms in total. The van der Waals surface area contributed by atoms with E-state index in [0.717, 1.165) is 23.5 Å². The summed E-state index contributed by atoms with van der Waals surface area (Å²) in [5.74, 6) is 0.106. The van der Waals surface area contributed by atoms with Crippen molar-refractivity contribution < 1.29 is 9.90 Å². The van der Waals surface area contributed by atoms with Gasteiger partial charge in [-0.1, -0.05) is 42.5 Å². The Morgan fingerprint density at radius 2 is 1.89 bits per heavy atom. The number of aromatic nitrogens is 2. The number of likely N-dealkylation sites (N-methyl/N-ethyl adjacent to an activating group) is 1. The summed E-state index contributed by atoms with van der Waals surface area (Å²) in [6.07, 6.45) is 9.96. The number of pyridine rings is 1. The summed E-state index contributed by atoms with van der Waals surface area (Å²) in [5, 5.41) is 9.48. The van der Waals surface area contributed by atoms with Crippen molar-refractivity contribution in [2.75, 3.05) is 18.5 Å². The van der Waals surface area contributed by atoms with Gasteiger partial charge in [-0.3, -0.25) is 0 Å². The van der Waals surface area contributed by atoms with Crippen LogP contribution in [0.3, 0.4) is 0 Å². The van der Waals surface area contributed by atoms with Crippen LogP contribution in [0.25, 0.3) is 6.08 Å². The summed E-state index contributed by atoms with van der Waals surface area (Å²) in [7, 11) is 2.00. The Morgan fingerprint density at radius 3 is 2.52 bits per heavy atom. The summed E-state index contributed by atoms with van der Waals surface area (Å²) in [5.41, 5.74) is 2.08. The maximum atomic E-state index is 11.5. The number of aliphatic carboxylic acids is 1. The van der Waals surface area contributed by atoms with E-state index < -0.39 is 12.0 Å². The maximum Gasteiger partial charge on any atom is 0.327 e. The van der Waals surface area contributed by atoms with Crippen molar-refractivity contribution in [1.82, 2.24) is 9.55 Å². The lowest BCUT2D eigenvalue weighted by Crippen LogP contribution is -2.20. The van der Waals surface area contributed by atoms with Gasteiger partial charge in [-0.05, 0) is 35.4 Å². The van der Waals surface area contributed by atoms with Crippen molar-refractivity contribution >= 4 is 17.9 Å². The molecule has 0 unspecified atom stereocenters. The number of nitrogens with zero attached hydrogens (tertiary/aromatic N) is 3. The molecule has 0 aliphatic carbocycles. The largest absolute Gasteiger partial charge is 0.480 e. The smallest absolute Gasteiger partial charge is 0.327 e. The van der Waals surface area contributed by atoms with E-state index >= 15 is 0 Å². The molecule has 0 fully saturated rings. The Morgan fingerprint density at radius 1 is 1.15 bits per heavy atom.